The van der Waals surface area contributed by atoms with Gasteiger partial charge in [0, 0.05) is 15.6 Å². The van der Waals surface area contributed by atoms with Crippen LogP contribution in [-0.2, 0) is 4.79 Å². The first-order valence-electron chi connectivity index (χ1n) is 5.42. The summed E-state index contributed by atoms with van der Waals surface area (Å²) in [6, 6.07) is 12.8. The van der Waals surface area contributed by atoms with E-state index in [1.807, 2.05) is 0 Å². The smallest absolute Gasteiger partial charge is 0.264 e. The molecule has 0 bridgehead atoms. The Kier molecular flexibility index (Phi) is 4.20. The van der Waals surface area contributed by atoms with E-state index < -0.39 is 5.91 Å². The van der Waals surface area contributed by atoms with Gasteiger partial charge in [-0.1, -0.05) is 23.2 Å². The van der Waals surface area contributed by atoms with Gasteiger partial charge in [-0.05, 0) is 48.5 Å². The summed E-state index contributed by atoms with van der Waals surface area (Å²) in [4.78, 5) is 24.3. The Balaban J connectivity index is 2.31. The zero-order chi connectivity index (χ0) is 13.8. The molecule has 0 N–H and O–H groups in total. The lowest BCUT2D eigenvalue weighted by Gasteiger charge is -2.15. The molecule has 19 heavy (non-hydrogen) atoms. The van der Waals surface area contributed by atoms with Crippen molar-refractivity contribution in [2.75, 3.05) is 4.90 Å². The van der Waals surface area contributed by atoms with Crippen molar-refractivity contribution in [2.45, 2.75) is 0 Å². The summed E-state index contributed by atoms with van der Waals surface area (Å²) in [7, 11) is 0. The summed E-state index contributed by atoms with van der Waals surface area (Å²) < 4.78 is 0. The lowest BCUT2D eigenvalue weighted by molar-refractivity contribution is -0.106. The van der Waals surface area contributed by atoms with Crippen LogP contribution in [-0.4, -0.2) is 12.3 Å². The molecular weight excluding hydrogens is 285 g/mol. The maximum absolute atomic E-state index is 12.2. The van der Waals surface area contributed by atoms with Crippen LogP contribution >= 0.6 is 23.2 Å². The maximum atomic E-state index is 12.2. The predicted molar refractivity (Wildman–Crippen MR) is 75.8 cm³/mol. The molecule has 0 heterocycles. The van der Waals surface area contributed by atoms with Gasteiger partial charge in [0.15, 0.2) is 0 Å². The van der Waals surface area contributed by atoms with E-state index in [0.29, 0.717) is 27.7 Å². The molecule has 2 amide bonds. The number of nitrogens with zero attached hydrogens (tertiary/aromatic N) is 1. The summed E-state index contributed by atoms with van der Waals surface area (Å²) in [5.41, 5.74) is 0.839. The number of carbonyl (C=O) groups excluding carboxylic acids is 2. The van der Waals surface area contributed by atoms with Crippen molar-refractivity contribution >= 4 is 41.2 Å². The van der Waals surface area contributed by atoms with Crippen molar-refractivity contribution in [3.63, 3.8) is 0 Å². The summed E-state index contributed by atoms with van der Waals surface area (Å²) in [6.45, 7) is 0. The molecular formula is C14H9Cl2NO2. The van der Waals surface area contributed by atoms with Crippen LogP contribution < -0.4 is 4.90 Å². The number of anilines is 1. The molecule has 0 saturated heterocycles. The highest BCUT2D eigenvalue weighted by molar-refractivity contribution is 6.31. The SMILES string of the molecule is O=CN(C(=O)c1ccc(Cl)cc1)c1ccc(Cl)cc1. The summed E-state index contributed by atoms with van der Waals surface area (Å²) >= 11 is 11.5. The Morgan fingerprint density at radius 1 is 0.895 bits per heavy atom. The molecule has 0 aliphatic heterocycles. The topological polar surface area (TPSA) is 37.4 Å². The third kappa shape index (κ3) is 3.13. The van der Waals surface area contributed by atoms with E-state index in [1.54, 1.807) is 48.5 Å². The number of hydrogen-bond acceptors (Lipinski definition) is 2. The van der Waals surface area contributed by atoms with Gasteiger partial charge in [0.2, 0.25) is 6.41 Å². The Morgan fingerprint density at radius 3 is 1.84 bits per heavy atom. The zero-order valence-electron chi connectivity index (χ0n) is 9.72. The molecule has 0 fully saturated rings. The molecule has 0 unspecified atom stereocenters. The summed E-state index contributed by atoms with van der Waals surface area (Å²) in [5, 5.41) is 1.06. The van der Waals surface area contributed by atoms with E-state index in [4.69, 9.17) is 23.2 Å². The molecule has 0 aromatic heterocycles. The molecule has 0 aliphatic carbocycles. The first-order chi connectivity index (χ1) is 9.11. The Morgan fingerprint density at radius 2 is 1.37 bits per heavy atom. The van der Waals surface area contributed by atoms with Crippen LogP contribution in [0.3, 0.4) is 0 Å². The Hall–Kier alpha value is -1.84. The number of benzene rings is 2. The number of rotatable bonds is 3. The van der Waals surface area contributed by atoms with Gasteiger partial charge in [0.1, 0.15) is 0 Å². The predicted octanol–water partition coefficient (Wildman–Crippen LogP) is 3.80. The van der Waals surface area contributed by atoms with Gasteiger partial charge in [-0.25, -0.2) is 4.90 Å². The number of amides is 2. The highest BCUT2D eigenvalue weighted by Crippen LogP contribution is 2.19. The van der Waals surface area contributed by atoms with Gasteiger partial charge in [-0.15, -0.1) is 0 Å². The number of hydrogen-bond donors (Lipinski definition) is 0. The molecule has 0 radical (unpaired) electrons. The lowest BCUT2D eigenvalue weighted by Crippen LogP contribution is -2.29. The van der Waals surface area contributed by atoms with Crippen LogP contribution in [0, 0.1) is 0 Å². The van der Waals surface area contributed by atoms with Gasteiger partial charge in [-0.2, -0.15) is 0 Å². The molecule has 2 aromatic carbocycles. The van der Waals surface area contributed by atoms with Crippen molar-refractivity contribution in [3.05, 3.63) is 64.1 Å². The van der Waals surface area contributed by atoms with Crippen molar-refractivity contribution in [3.8, 4) is 0 Å². The van der Waals surface area contributed by atoms with Crippen molar-refractivity contribution in [2.24, 2.45) is 0 Å². The van der Waals surface area contributed by atoms with Gasteiger partial charge in [0.05, 0.1) is 5.69 Å². The minimum atomic E-state index is -0.422. The average Bonchev–Trinajstić information content (AvgIpc) is 2.42. The molecule has 96 valence electrons. The van der Waals surface area contributed by atoms with Gasteiger partial charge in [-0.3, -0.25) is 9.59 Å². The molecule has 0 saturated carbocycles. The van der Waals surface area contributed by atoms with Crippen LogP contribution in [0.25, 0.3) is 0 Å². The largest absolute Gasteiger partial charge is 0.278 e. The number of carbonyl (C=O) groups is 2. The molecule has 2 rings (SSSR count). The molecule has 0 atom stereocenters. The van der Waals surface area contributed by atoms with E-state index in [0.717, 1.165) is 4.90 Å². The highest BCUT2D eigenvalue weighted by atomic mass is 35.5. The van der Waals surface area contributed by atoms with Crippen molar-refractivity contribution in [1.82, 2.24) is 0 Å². The molecule has 5 heteroatoms. The van der Waals surface area contributed by atoms with Gasteiger partial charge >= 0.3 is 0 Å². The zero-order valence-corrected chi connectivity index (χ0v) is 11.2. The maximum Gasteiger partial charge on any atom is 0.264 e. The summed E-state index contributed by atoms with van der Waals surface area (Å²) in [6.07, 6.45) is 0.472. The lowest BCUT2D eigenvalue weighted by atomic mass is 10.2. The first-order valence-corrected chi connectivity index (χ1v) is 6.17. The minimum absolute atomic E-state index is 0.381. The second kappa shape index (κ2) is 5.87. The van der Waals surface area contributed by atoms with Crippen LogP contribution in [0.4, 0.5) is 5.69 Å². The van der Waals surface area contributed by atoms with Crippen LogP contribution in [0.15, 0.2) is 48.5 Å². The molecule has 2 aromatic rings. The quantitative estimate of drug-likeness (QED) is 0.807. The second-order valence-corrected chi connectivity index (χ2v) is 4.64. The minimum Gasteiger partial charge on any atom is -0.278 e. The summed E-state index contributed by atoms with van der Waals surface area (Å²) in [5.74, 6) is -0.422. The van der Waals surface area contributed by atoms with Crippen LogP contribution in [0.1, 0.15) is 10.4 Å². The van der Waals surface area contributed by atoms with E-state index in [2.05, 4.69) is 0 Å². The fraction of sp³-hybridized carbons (Fsp3) is 0. The fourth-order valence-electron chi connectivity index (χ4n) is 1.56. The standard InChI is InChI=1S/C14H9Cl2NO2/c15-11-3-1-10(2-4-11)14(19)17(9-18)13-7-5-12(16)6-8-13/h1-9H. The number of imide groups is 1. The van der Waals surface area contributed by atoms with Crippen LogP contribution in [0.2, 0.25) is 10.0 Å². The normalized spacial score (nSPS) is 10.0. The monoisotopic (exact) mass is 293 g/mol. The van der Waals surface area contributed by atoms with E-state index >= 15 is 0 Å². The van der Waals surface area contributed by atoms with Gasteiger partial charge < -0.3 is 0 Å². The second-order valence-electron chi connectivity index (χ2n) is 3.76. The Bertz CT molecular complexity index is 594. The van der Waals surface area contributed by atoms with Crippen LogP contribution in [0.5, 0.6) is 0 Å². The molecule has 0 aliphatic rings. The average molecular weight is 294 g/mol. The van der Waals surface area contributed by atoms with Gasteiger partial charge in [0.25, 0.3) is 5.91 Å². The third-order valence-corrected chi connectivity index (χ3v) is 3.02. The first kappa shape index (κ1) is 13.6. The molecule has 0 spiro atoms. The Labute approximate surface area is 120 Å². The van der Waals surface area contributed by atoms with E-state index in [9.17, 15) is 9.59 Å². The molecule has 3 nitrogen and oxygen atoms in total. The number of halogens is 2. The van der Waals surface area contributed by atoms with Crippen molar-refractivity contribution in [1.29, 1.82) is 0 Å². The third-order valence-electron chi connectivity index (χ3n) is 2.52. The highest BCUT2D eigenvalue weighted by Gasteiger charge is 2.16. The fourth-order valence-corrected chi connectivity index (χ4v) is 1.81. The van der Waals surface area contributed by atoms with E-state index in [-0.39, 0.29) is 0 Å². The van der Waals surface area contributed by atoms with Crippen molar-refractivity contribution < 1.29 is 9.59 Å². The van der Waals surface area contributed by atoms with E-state index in [1.165, 1.54) is 0 Å².